The minimum absolute atomic E-state index is 0.0307. The lowest BCUT2D eigenvalue weighted by molar-refractivity contribution is -0.126. The van der Waals surface area contributed by atoms with Crippen molar-refractivity contribution in [3.05, 3.63) is 71.5 Å². The first-order chi connectivity index (χ1) is 11.6. The van der Waals surface area contributed by atoms with Crippen molar-refractivity contribution in [1.29, 1.82) is 0 Å². The molecule has 2 N–H and O–H groups in total. The van der Waals surface area contributed by atoms with Crippen LogP contribution in [0.2, 0.25) is 0 Å². The summed E-state index contributed by atoms with van der Waals surface area (Å²) in [4.78, 5) is 23.4. The highest BCUT2D eigenvalue weighted by molar-refractivity contribution is 5.84. The third-order valence-electron chi connectivity index (χ3n) is 3.58. The van der Waals surface area contributed by atoms with Gasteiger partial charge < -0.3 is 10.6 Å². The van der Waals surface area contributed by atoms with Gasteiger partial charge in [-0.25, -0.2) is 4.39 Å². The molecule has 0 fully saturated rings. The number of carbonyl (C=O) groups is 2. The third kappa shape index (κ3) is 6.60. The highest BCUT2D eigenvalue weighted by Crippen LogP contribution is 2.03. The summed E-state index contributed by atoms with van der Waals surface area (Å²) in [5.74, 6) is -0.654. The van der Waals surface area contributed by atoms with E-state index >= 15 is 0 Å². The average molecular weight is 328 g/mol. The normalized spacial score (nSPS) is 10.2. The topological polar surface area (TPSA) is 58.2 Å². The van der Waals surface area contributed by atoms with Crippen molar-refractivity contribution in [3.63, 3.8) is 0 Å². The molecule has 0 aliphatic rings. The number of carbonyl (C=O) groups excluding carboxylic acids is 2. The minimum Gasteiger partial charge on any atom is -0.354 e. The van der Waals surface area contributed by atoms with Crippen molar-refractivity contribution in [2.24, 2.45) is 0 Å². The van der Waals surface area contributed by atoms with Gasteiger partial charge in [-0.3, -0.25) is 9.59 Å². The van der Waals surface area contributed by atoms with Gasteiger partial charge in [0.2, 0.25) is 11.8 Å². The van der Waals surface area contributed by atoms with Gasteiger partial charge in [-0.1, -0.05) is 42.5 Å². The molecule has 2 aromatic carbocycles. The molecule has 0 bridgehead atoms. The smallest absolute Gasteiger partial charge is 0.239 e. The summed E-state index contributed by atoms with van der Waals surface area (Å²) in [5.41, 5.74) is 2.04. The second-order valence-electron chi connectivity index (χ2n) is 5.49. The first-order valence-electron chi connectivity index (χ1n) is 7.95. The maximum absolute atomic E-state index is 12.8. The van der Waals surface area contributed by atoms with Crippen molar-refractivity contribution in [2.45, 2.75) is 19.3 Å². The van der Waals surface area contributed by atoms with E-state index in [0.717, 1.165) is 11.1 Å². The molecule has 0 saturated heterocycles. The van der Waals surface area contributed by atoms with Gasteiger partial charge in [0, 0.05) is 13.0 Å². The molecule has 24 heavy (non-hydrogen) atoms. The molecule has 0 radical (unpaired) electrons. The van der Waals surface area contributed by atoms with Crippen molar-refractivity contribution >= 4 is 11.8 Å². The van der Waals surface area contributed by atoms with E-state index in [1.807, 2.05) is 30.3 Å². The Hall–Kier alpha value is -2.69. The molecule has 2 amide bonds. The molecule has 2 aromatic rings. The largest absolute Gasteiger partial charge is 0.354 e. The van der Waals surface area contributed by atoms with E-state index in [-0.39, 0.29) is 24.2 Å². The van der Waals surface area contributed by atoms with Crippen LogP contribution in [-0.2, 0) is 22.4 Å². The Morgan fingerprint density at radius 2 is 1.46 bits per heavy atom. The van der Waals surface area contributed by atoms with Gasteiger partial charge in [-0.15, -0.1) is 0 Å². The van der Waals surface area contributed by atoms with E-state index in [1.165, 1.54) is 12.1 Å². The fourth-order valence-electron chi connectivity index (χ4n) is 2.23. The molecule has 4 nitrogen and oxygen atoms in total. The molecular formula is C19H21FN2O2. The van der Waals surface area contributed by atoms with E-state index < -0.39 is 0 Å². The van der Waals surface area contributed by atoms with Gasteiger partial charge >= 0.3 is 0 Å². The summed E-state index contributed by atoms with van der Waals surface area (Å²) >= 11 is 0. The zero-order valence-corrected chi connectivity index (χ0v) is 13.4. The van der Waals surface area contributed by atoms with Gasteiger partial charge in [0.1, 0.15) is 5.82 Å². The van der Waals surface area contributed by atoms with E-state index in [9.17, 15) is 14.0 Å². The highest BCUT2D eigenvalue weighted by Gasteiger charge is 2.05. The predicted octanol–water partition coefficient (Wildman–Crippen LogP) is 2.23. The van der Waals surface area contributed by atoms with Crippen molar-refractivity contribution in [1.82, 2.24) is 10.6 Å². The number of nitrogens with one attached hydrogen (secondary N) is 2. The summed E-state index contributed by atoms with van der Waals surface area (Å²) < 4.78 is 12.8. The lowest BCUT2D eigenvalue weighted by Gasteiger charge is -2.07. The Kier molecular flexibility index (Phi) is 6.95. The molecule has 0 atom stereocenters. The molecule has 5 heteroatoms. The molecule has 0 aliphatic carbocycles. The number of aryl methyl sites for hydroxylation is 1. The lowest BCUT2D eigenvalue weighted by atomic mass is 10.1. The number of rotatable bonds is 8. The first-order valence-corrected chi connectivity index (χ1v) is 7.95. The zero-order chi connectivity index (χ0) is 17.2. The molecule has 0 saturated carbocycles. The quantitative estimate of drug-likeness (QED) is 0.781. The van der Waals surface area contributed by atoms with Crippen molar-refractivity contribution in [2.75, 3.05) is 13.1 Å². The van der Waals surface area contributed by atoms with E-state index in [2.05, 4.69) is 10.6 Å². The van der Waals surface area contributed by atoms with Crippen LogP contribution in [0, 0.1) is 5.82 Å². The molecule has 0 unspecified atom stereocenters. The Morgan fingerprint density at radius 3 is 2.17 bits per heavy atom. The minimum atomic E-state index is -0.277. The van der Waals surface area contributed by atoms with Crippen LogP contribution in [0.3, 0.4) is 0 Å². The van der Waals surface area contributed by atoms with Crippen LogP contribution in [0.25, 0.3) is 0 Å². The van der Waals surface area contributed by atoms with Crippen LogP contribution in [0.5, 0.6) is 0 Å². The average Bonchev–Trinajstić information content (AvgIpc) is 2.61. The summed E-state index contributed by atoms with van der Waals surface area (Å²) in [6.07, 6.45) is 1.62. The first kappa shape index (κ1) is 17.7. The fraction of sp³-hybridized carbons (Fsp3) is 0.263. The monoisotopic (exact) mass is 328 g/mol. The second-order valence-corrected chi connectivity index (χ2v) is 5.49. The molecule has 2 rings (SSSR count). The maximum atomic E-state index is 12.8. The molecule has 0 spiro atoms. The van der Waals surface area contributed by atoms with Gasteiger partial charge in [-0.05, 0) is 36.1 Å². The third-order valence-corrected chi connectivity index (χ3v) is 3.58. The van der Waals surface area contributed by atoms with E-state index in [1.54, 1.807) is 12.1 Å². The number of halogens is 1. The van der Waals surface area contributed by atoms with Crippen LogP contribution in [0.4, 0.5) is 4.39 Å². The van der Waals surface area contributed by atoms with Crippen molar-refractivity contribution < 1.29 is 14.0 Å². The Labute approximate surface area is 141 Å². The highest BCUT2D eigenvalue weighted by atomic mass is 19.1. The summed E-state index contributed by atoms with van der Waals surface area (Å²) in [7, 11) is 0. The Bertz CT molecular complexity index is 657. The second kappa shape index (κ2) is 9.45. The van der Waals surface area contributed by atoms with E-state index in [4.69, 9.17) is 0 Å². The van der Waals surface area contributed by atoms with Crippen LogP contribution in [0.15, 0.2) is 54.6 Å². The molecular weight excluding hydrogens is 307 g/mol. The van der Waals surface area contributed by atoms with Gasteiger partial charge in [0.15, 0.2) is 0 Å². The molecule has 0 aromatic heterocycles. The SMILES string of the molecule is O=C(CCc1ccccc1)NCC(=O)NCCc1ccc(F)cc1. The molecule has 0 aliphatic heterocycles. The van der Waals surface area contributed by atoms with E-state index in [0.29, 0.717) is 25.8 Å². The van der Waals surface area contributed by atoms with Crippen LogP contribution in [-0.4, -0.2) is 24.9 Å². The number of hydrogen-bond donors (Lipinski definition) is 2. The van der Waals surface area contributed by atoms with Gasteiger partial charge in [-0.2, -0.15) is 0 Å². The number of hydrogen-bond acceptors (Lipinski definition) is 2. The van der Waals surface area contributed by atoms with Crippen molar-refractivity contribution in [3.8, 4) is 0 Å². The summed E-state index contributed by atoms with van der Waals surface area (Å²) in [6.45, 7) is 0.418. The Balaban J connectivity index is 1.58. The Morgan fingerprint density at radius 1 is 0.792 bits per heavy atom. The zero-order valence-electron chi connectivity index (χ0n) is 13.4. The molecule has 126 valence electrons. The predicted molar refractivity (Wildman–Crippen MR) is 90.9 cm³/mol. The number of amides is 2. The maximum Gasteiger partial charge on any atom is 0.239 e. The lowest BCUT2D eigenvalue weighted by Crippen LogP contribution is -2.37. The standard InChI is InChI=1S/C19H21FN2O2/c20-17-9-6-16(7-10-17)12-13-21-19(24)14-22-18(23)11-8-15-4-2-1-3-5-15/h1-7,9-10H,8,11-14H2,(H,21,24)(H,22,23). The van der Waals surface area contributed by atoms with Gasteiger partial charge in [0.05, 0.1) is 6.54 Å². The summed E-state index contributed by atoms with van der Waals surface area (Å²) in [5, 5.41) is 5.34. The van der Waals surface area contributed by atoms with Crippen LogP contribution < -0.4 is 10.6 Å². The van der Waals surface area contributed by atoms with Gasteiger partial charge in [0.25, 0.3) is 0 Å². The fourth-order valence-corrected chi connectivity index (χ4v) is 2.23. The van der Waals surface area contributed by atoms with Crippen LogP contribution in [0.1, 0.15) is 17.5 Å². The summed E-state index contributed by atoms with van der Waals surface area (Å²) in [6, 6.07) is 15.9. The number of benzene rings is 2. The van der Waals surface area contributed by atoms with Crippen LogP contribution >= 0.6 is 0 Å². The molecule has 0 heterocycles.